The molecule has 0 aliphatic carbocycles. The summed E-state index contributed by atoms with van der Waals surface area (Å²) in [6.45, 7) is 0. The molecule has 0 N–H and O–H groups in total. The van der Waals surface area contributed by atoms with Crippen LogP contribution in [0, 0.1) is 0 Å². The van der Waals surface area contributed by atoms with Gasteiger partial charge in [-0.05, 0) is 11.5 Å². The molecule has 0 spiro atoms. The zero-order valence-corrected chi connectivity index (χ0v) is 8.34. The maximum absolute atomic E-state index is 5.79. The standard InChI is InChI=1S/C6H3BCl4/c8-5-3-1-2-4(6(5)9)7(10)11/h1-3H. The Bertz CT molecular complexity index is 261. The molecular formula is C6H3BCl4. The van der Waals surface area contributed by atoms with Crippen molar-refractivity contribution in [2.75, 3.05) is 0 Å². The Morgan fingerprint density at radius 2 is 1.73 bits per heavy atom. The van der Waals surface area contributed by atoms with Gasteiger partial charge in [-0.15, -0.1) is 0 Å². The lowest BCUT2D eigenvalue weighted by Crippen LogP contribution is -2.19. The third-order valence-electron chi connectivity index (χ3n) is 1.22. The van der Waals surface area contributed by atoms with Gasteiger partial charge in [0.05, 0.1) is 10.0 Å². The van der Waals surface area contributed by atoms with Gasteiger partial charge in [-0.3, -0.25) is 0 Å². The summed E-state index contributed by atoms with van der Waals surface area (Å²) in [6, 6.07) is 5.17. The average Bonchev–Trinajstić information content (AvgIpc) is 1.94. The predicted octanol–water partition coefficient (Wildman–Crippen LogP) is 3.17. The second-order valence-corrected chi connectivity index (χ2v) is 3.83. The second-order valence-electron chi connectivity index (χ2n) is 1.94. The summed E-state index contributed by atoms with van der Waals surface area (Å²) >= 11 is 22.7. The fraction of sp³-hybridized carbons (Fsp3) is 0. The van der Waals surface area contributed by atoms with Crippen LogP contribution in [-0.4, -0.2) is 5.54 Å². The first-order valence-electron chi connectivity index (χ1n) is 2.85. The summed E-state index contributed by atoms with van der Waals surface area (Å²) in [5, 5.41) is 0.889. The van der Waals surface area contributed by atoms with Gasteiger partial charge in [0.2, 0.25) is 0 Å². The number of rotatable bonds is 1. The average molecular weight is 228 g/mol. The topological polar surface area (TPSA) is 0 Å². The van der Waals surface area contributed by atoms with E-state index >= 15 is 0 Å². The first kappa shape index (κ1) is 9.53. The Morgan fingerprint density at radius 3 is 2.18 bits per heavy atom. The van der Waals surface area contributed by atoms with E-state index in [1.165, 1.54) is 0 Å². The third-order valence-corrected chi connectivity index (χ3v) is 2.52. The highest BCUT2D eigenvalue weighted by Crippen LogP contribution is 2.20. The van der Waals surface area contributed by atoms with Gasteiger partial charge in [0.1, 0.15) is 0 Å². The van der Waals surface area contributed by atoms with Crippen LogP contribution in [-0.2, 0) is 0 Å². The number of hydrogen-bond donors (Lipinski definition) is 0. The van der Waals surface area contributed by atoms with Crippen molar-refractivity contribution in [3.05, 3.63) is 28.2 Å². The van der Waals surface area contributed by atoms with Gasteiger partial charge in [-0.1, -0.05) is 35.3 Å². The lowest BCUT2D eigenvalue weighted by atomic mass is 9.93. The lowest BCUT2D eigenvalue weighted by Gasteiger charge is -2.02. The summed E-state index contributed by atoms with van der Waals surface area (Å²) < 4.78 is 0. The molecule has 1 aromatic carbocycles. The minimum Gasteiger partial charge on any atom is -0.164 e. The molecule has 1 aromatic rings. The first-order valence-corrected chi connectivity index (χ1v) is 4.48. The van der Waals surface area contributed by atoms with Gasteiger partial charge in [-0.2, -0.15) is 22.9 Å². The van der Waals surface area contributed by atoms with E-state index in [1.54, 1.807) is 18.2 Å². The maximum Gasteiger partial charge on any atom is 0.384 e. The van der Waals surface area contributed by atoms with Crippen molar-refractivity contribution in [1.29, 1.82) is 0 Å². The van der Waals surface area contributed by atoms with Crippen molar-refractivity contribution in [3.63, 3.8) is 0 Å². The Hall–Kier alpha value is 0.445. The van der Waals surface area contributed by atoms with Crippen molar-refractivity contribution in [3.8, 4) is 0 Å². The molecule has 0 unspecified atom stereocenters. The summed E-state index contributed by atoms with van der Waals surface area (Å²) in [7, 11) is 0. The third kappa shape index (κ3) is 2.19. The number of benzene rings is 1. The van der Waals surface area contributed by atoms with Crippen LogP contribution in [0.2, 0.25) is 10.0 Å². The maximum atomic E-state index is 5.79. The highest BCUT2D eigenvalue weighted by atomic mass is 35.5. The van der Waals surface area contributed by atoms with Crippen LogP contribution in [0.4, 0.5) is 0 Å². The van der Waals surface area contributed by atoms with Crippen molar-refractivity contribution < 1.29 is 0 Å². The number of hydrogen-bond acceptors (Lipinski definition) is 0. The van der Waals surface area contributed by atoms with E-state index in [1.807, 2.05) is 0 Å². The molecular weight excluding hydrogens is 225 g/mol. The normalized spacial score (nSPS) is 9.82. The van der Waals surface area contributed by atoms with Gasteiger partial charge in [0, 0.05) is 0 Å². The van der Waals surface area contributed by atoms with Gasteiger partial charge in [0.25, 0.3) is 0 Å². The fourth-order valence-electron chi connectivity index (χ4n) is 0.689. The van der Waals surface area contributed by atoms with E-state index < -0.39 is 5.54 Å². The van der Waals surface area contributed by atoms with E-state index in [-0.39, 0.29) is 0 Å². The SMILES string of the molecule is ClB(Cl)c1cccc(Cl)c1Cl. The molecule has 0 saturated heterocycles. The zero-order chi connectivity index (χ0) is 8.43. The molecule has 1 rings (SSSR count). The highest BCUT2D eigenvalue weighted by molar-refractivity contribution is 7.39. The summed E-state index contributed by atoms with van der Waals surface area (Å²) in [5.74, 6) is 0. The van der Waals surface area contributed by atoms with Crippen LogP contribution in [0.5, 0.6) is 0 Å². The fourth-order valence-corrected chi connectivity index (χ4v) is 1.58. The summed E-state index contributed by atoms with van der Waals surface area (Å²) in [6.07, 6.45) is 0. The minimum absolute atomic E-state index is 0.421. The molecule has 11 heavy (non-hydrogen) atoms. The molecule has 0 nitrogen and oxygen atoms in total. The Kier molecular flexibility index (Phi) is 3.38. The van der Waals surface area contributed by atoms with E-state index in [4.69, 9.17) is 46.1 Å². The minimum atomic E-state index is -0.624. The molecule has 5 heteroatoms. The van der Waals surface area contributed by atoms with Crippen LogP contribution < -0.4 is 5.46 Å². The molecule has 0 saturated carbocycles. The second kappa shape index (κ2) is 3.91. The van der Waals surface area contributed by atoms with E-state index in [0.29, 0.717) is 15.5 Å². The van der Waals surface area contributed by atoms with Gasteiger partial charge in [-0.25, -0.2) is 0 Å². The molecule has 0 aliphatic rings. The van der Waals surface area contributed by atoms with Crippen LogP contribution in [0.3, 0.4) is 0 Å². The van der Waals surface area contributed by atoms with Crippen molar-refractivity contribution >= 4 is 57.1 Å². The molecule has 0 radical (unpaired) electrons. The number of halogens is 4. The van der Waals surface area contributed by atoms with Crippen LogP contribution in [0.25, 0.3) is 0 Å². The predicted molar refractivity (Wildman–Crippen MR) is 53.6 cm³/mol. The van der Waals surface area contributed by atoms with Gasteiger partial charge < -0.3 is 0 Å². The molecule has 0 aromatic heterocycles. The molecule has 0 aliphatic heterocycles. The molecule has 58 valence electrons. The Morgan fingerprint density at radius 1 is 1.09 bits per heavy atom. The Balaban J connectivity index is 3.17. The zero-order valence-electron chi connectivity index (χ0n) is 5.32. The van der Waals surface area contributed by atoms with Gasteiger partial charge >= 0.3 is 5.54 Å². The van der Waals surface area contributed by atoms with Crippen molar-refractivity contribution in [1.82, 2.24) is 0 Å². The molecule has 0 amide bonds. The first-order chi connectivity index (χ1) is 5.13. The van der Waals surface area contributed by atoms with Crippen molar-refractivity contribution in [2.45, 2.75) is 0 Å². The van der Waals surface area contributed by atoms with E-state index in [2.05, 4.69) is 0 Å². The molecule has 0 bridgehead atoms. The van der Waals surface area contributed by atoms with Gasteiger partial charge in [0.15, 0.2) is 0 Å². The molecule has 0 atom stereocenters. The van der Waals surface area contributed by atoms with Crippen LogP contribution >= 0.6 is 46.1 Å². The molecule has 0 heterocycles. The van der Waals surface area contributed by atoms with E-state index in [0.717, 1.165) is 0 Å². The summed E-state index contributed by atoms with van der Waals surface area (Å²) in [4.78, 5) is 0. The smallest absolute Gasteiger partial charge is 0.164 e. The van der Waals surface area contributed by atoms with Crippen molar-refractivity contribution in [2.24, 2.45) is 0 Å². The van der Waals surface area contributed by atoms with Crippen LogP contribution in [0.1, 0.15) is 0 Å². The largest absolute Gasteiger partial charge is 0.384 e. The van der Waals surface area contributed by atoms with Crippen LogP contribution in [0.15, 0.2) is 18.2 Å². The summed E-state index contributed by atoms with van der Waals surface area (Å²) in [5.41, 5.74) is 0.0173. The monoisotopic (exact) mass is 226 g/mol. The Labute approximate surface area is 85.3 Å². The highest BCUT2D eigenvalue weighted by Gasteiger charge is 2.14. The molecule has 0 fully saturated rings. The quantitative estimate of drug-likeness (QED) is 0.647. The van der Waals surface area contributed by atoms with E-state index in [9.17, 15) is 0 Å². The lowest BCUT2D eigenvalue weighted by molar-refractivity contribution is 1.76.